The highest BCUT2D eigenvalue weighted by Gasteiger charge is 2.72. The molecule has 4 aliphatic rings. The molecule has 3 amide bonds. The molecule has 2 bridgehead atoms. The Morgan fingerprint density at radius 2 is 1.61 bits per heavy atom. The molecular formula is C35H34FN3O5. The van der Waals surface area contributed by atoms with Crippen molar-refractivity contribution in [2.45, 2.75) is 62.4 Å². The summed E-state index contributed by atoms with van der Waals surface area (Å²) in [4.78, 5) is 43.5. The Morgan fingerprint density at radius 3 is 2.34 bits per heavy atom. The minimum absolute atomic E-state index is 0.0324. The van der Waals surface area contributed by atoms with E-state index in [1.807, 2.05) is 30.3 Å². The van der Waals surface area contributed by atoms with E-state index < -0.39 is 29.6 Å². The number of fused-ring (bicyclic) bond motifs is 1. The molecule has 1 aliphatic carbocycles. The molecule has 3 unspecified atom stereocenters. The van der Waals surface area contributed by atoms with Crippen LogP contribution in [0.3, 0.4) is 0 Å². The van der Waals surface area contributed by atoms with Crippen molar-refractivity contribution in [2.75, 3.05) is 5.32 Å². The number of amides is 3. The molecule has 5 atom stereocenters. The van der Waals surface area contributed by atoms with Crippen LogP contribution in [0, 0.1) is 17.7 Å². The van der Waals surface area contributed by atoms with Gasteiger partial charge in [-0.05, 0) is 66.9 Å². The molecule has 3 aromatic carbocycles. The zero-order chi connectivity index (χ0) is 30.3. The Hall–Kier alpha value is -4.50. The van der Waals surface area contributed by atoms with Crippen molar-refractivity contribution in [1.29, 1.82) is 0 Å². The van der Waals surface area contributed by atoms with Gasteiger partial charge in [0, 0.05) is 18.3 Å². The van der Waals surface area contributed by atoms with Crippen LogP contribution in [-0.4, -0.2) is 46.4 Å². The van der Waals surface area contributed by atoms with E-state index in [4.69, 9.17) is 9.47 Å². The fourth-order valence-electron chi connectivity index (χ4n) is 7.21. The smallest absolute Gasteiger partial charge is 0.246 e. The highest BCUT2D eigenvalue weighted by molar-refractivity contribution is 6.02. The van der Waals surface area contributed by atoms with E-state index in [9.17, 15) is 18.8 Å². The quantitative estimate of drug-likeness (QED) is 0.342. The normalized spacial score (nSPS) is 27.3. The van der Waals surface area contributed by atoms with Crippen LogP contribution in [0.2, 0.25) is 0 Å². The van der Waals surface area contributed by atoms with Crippen molar-refractivity contribution in [1.82, 2.24) is 10.2 Å². The lowest BCUT2D eigenvalue weighted by molar-refractivity contribution is -0.142. The average Bonchev–Trinajstić information content (AvgIpc) is 3.68. The van der Waals surface area contributed by atoms with Gasteiger partial charge in [-0.1, -0.05) is 61.7 Å². The Kier molecular flexibility index (Phi) is 7.42. The Balaban J connectivity index is 1.13. The summed E-state index contributed by atoms with van der Waals surface area (Å²) in [5.74, 6) is -1.72. The van der Waals surface area contributed by atoms with Crippen LogP contribution >= 0.6 is 0 Å². The molecule has 3 heterocycles. The van der Waals surface area contributed by atoms with E-state index in [-0.39, 0.29) is 36.1 Å². The SMILES string of the molecule is O=C(Nc1ccc(Oc2ccccc2)cc1)C1[C@H]2C=CC3(O2)C(C(=O)NC2CCCCC2)N(Cc2ccc(F)cc2)C(=O)[C@@H]13. The first-order chi connectivity index (χ1) is 21.4. The van der Waals surface area contributed by atoms with E-state index in [1.54, 1.807) is 48.6 Å². The zero-order valence-electron chi connectivity index (χ0n) is 24.2. The first kappa shape index (κ1) is 28.3. The number of carbonyl (C=O) groups excluding carboxylic acids is 3. The number of halogens is 1. The molecule has 2 saturated heterocycles. The molecule has 1 spiro atoms. The second kappa shape index (κ2) is 11.5. The average molecular weight is 596 g/mol. The summed E-state index contributed by atoms with van der Waals surface area (Å²) in [6, 6.07) is 21.4. The summed E-state index contributed by atoms with van der Waals surface area (Å²) in [5.41, 5.74) is -0.0315. The molecule has 9 heteroatoms. The molecular weight excluding hydrogens is 561 g/mol. The lowest BCUT2D eigenvalue weighted by Crippen LogP contribution is -2.56. The maximum Gasteiger partial charge on any atom is 0.246 e. The van der Waals surface area contributed by atoms with Gasteiger partial charge in [-0.15, -0.1) is 0 Å². The number of nitrogens with one attached hydrogen (secondary N) is 2. The van der Waals surface area contributed by atoms with Gasteiger partial charge in [0.05, 0.1) is 17.9 Å². The molecule has 0 aromatic heterocycles. The van der Waals surface area contributed by atoms with Gasteiger partial charge >= 0.3 is 0 Å². The Bertz CT molecular complexity index is 1570. The van der Waals surface area contributed by atoms with E-state index in [0.29, 0.717) is 22.7 Å². The van der Waals surface area contributed by atoms with Crippen LogP contribution < -0.4 is 15.4 Å². The van der Waals surface area contributed by atoms with Crippen LogP contribution in [0.4, 0.5) is 10.1 Å². The van der Waals surface area contributed by atoms with Gasteiger partial charge in [-0.3, -0.25) is 14.4 Å². The monoisotopic (exact) mass is 595 g/mol. The van der Waals surface area contributed by atoms with E-state index in [1.165, 1.54) is 17.0 Å². The molecule has 3 aromatic rings. The number of ether oxygens (including phenoxy) is 2. The summed E-state index contributed by atoms with van der Waals surface area (Å²) in [6.07, 6.45) is 7.97. The zero-order valence-corrected chi connectivity index (χ0v) is 24.2. The topological polar surface area (TPSA) is 97.0 Å². The minimum atomic E-state index is -1.27. The Morgan fingerprint density at radius 1 is 0.909 bits per heavy atom. The van der Waals surface area contributed by atoms with Gasteiger partial charge in [0.2, 0.25) is 17.7 Å². The minimum Gasteiger partial charge on any atom is -0.457 e. The first-order valence-electron chi connectivity index (χ1n) is 15.3. The van der Waals surface area contributed by atoms with E-state index in [0.717, 1.165) is 32.1 Å². The van der Waals surface area contributed by atoms with Crippen LogP contribution in [0.5, 0.6) is 11.5 Å². The van der Waals surface area contributed by atoms with E-state index in [2.05, 4.69) is 10.6 Å². The molecule has 2 N–H and O–H groups in total. The third-order valence-electron chi connectivity index (χ3n) is 9.24. The molecule has 1 saturated carbocycles. The van der Waals surface area contributed by atoms with Crippen molar-refractivity contribution in [2.24, 2.45) is 11.8 Å². The molecule has 3 aliphatic heterocycles. The summed E-state index contributed by atoms with van der Waals surface area (Å²) in [5, 5.41) is 6.13. The number of benzene rings is 3. The molecule has 8 nitrogen and oxygen atoms in total. The number of nitrogens with zero attached hydrogens (tertiary/aromatic N) is 1. The maximum absolute atomic E-state index is 14.2. The summed E-state index contributed by atoms with van der Waals surface area (Å²) >= 11 is 0. The second-order valence-electron chi connectivity index (χ2n) is 12.1. The number of likely N-dealkylation sites (tertiary alicyclic amines) is 1. The lowest BCUT2D eigenvalue weighted by Gasteiger charge is -2.34. The molecule has 226 valence electrons. The molecule has 0 radical (unpaired) electrons. The van der Waals surface area contributed by atoms with Crippen molar-refractivity contribution in [3.05, 3.63) is 102 Å². The second-order valence-corrected chi connectivity index (χ2v) is 12.1. The Labute approximate surface area is 255 Å². The van der Waals surface area contributed by atoms with Gasteiger partial charge in [0.1, 0.15) is 29.0 Å². The van der Waals surface area contributed by atoms with Gasteiger partial charge in [0.25, 0.3) is 0 Å². The van der Waals surface area contributed by atoms with Crippen molar-refractivity contribution < 1.29 is 28.2 Å². The van der Waals surface area contributed by atoms with Gasteiger partial charge in [-0.2, -0.15) is 0 Å². The first-order valence-corrected chi connectivity index (χ1v) is 15.3. The highest BCUT2D eigenvalue weighted by atomic mass is 19.1. The third-order valence-corrected chi connectivity index (χ3v) is 9.24. The van der Waals surface area contributed by atoms with Crippen molar-refractivity contribution >= 4 is 23.4 Å². The predicted octanol–water partition coefficient (Wildman–Crippen LogP) is 5.36. The number of para-hydroxylation sites is 1. The summed E-state index contributed by atoms with van der Waals surface area (Å²) in [7, 11) is 0. The maximum atomic E-state index is 14.2. The number of hydrogen-bond donors (Lipinski definition) is 2. The van der Waals surface area contributed by atoms with Crippen LogP contribution in [0.15, 0.2) is 91.0 Å². The fraction of sp³-hybridized carbons (Fsp3) is 0.343. The van der Waals surface area contributed by atoms with Crippen LogP contribution in [-0.2, 0) is 25.7 Å². The van der Waals surface area contributed by atoms with Gasteiger partial charge < -0.3 is 25.0 Å². The van der Waals surface area contributed by atoms with Gasteiger partial charge in [-0.25, -0.2) is 4.39 Å². The highest BCUT2D eigenvalue weighted by Crippen LogP contribution is 2.55. The third kappa shape index (κ3) is 5.15. The predicted molar refractivity (Wildman–Crippen MR) is 161 cm³/mol. The summed E-state index contributed by atoms with van der Waals surface area (Å²) < 4.78 is 26.0. The molecule has 44 heavy (non-hydrogen) atoms. The standard InChI is InChI=1S/C35H34FN3O5/c36-23-13-11-22(12-14-23)21-39-31(33(41)38-24-7-3-1-4-8-24)35-20-19-28(44-35)29(30(35)34(39)42)32(40)37-25-15-17-27(18-16-25)43-26-9-5-2-6-10-26/h2,5-6,9-20,24,28-31H,1,3-4,7-8,21H2,(H,37,40)(H,38,41)/t28-,29?,30-,31?,35?/m1/s1. The number of hydrogen-bond acceptors (Lipinski definition) is 5. The van der Waals surface area contributed by atoms with E-state index >= 15 is 0 Å². The van der Waals surface area contributed by atoms with Gasteiger partial charge in [0.15, 0.2) is 0 Å². The van der Waals surface area contributed by atoms with Crippen LogP contribution in [0.25, 0.3) is 0 Å². The van der Waals surface area contributed by atoms with Crippen molar-refractivity contribution in [3.8, 4) is 11.5 Å². The fourth-order valence-corrected chi connectivity index (χ4v) is 7.21. The van der Waals surface area contributed by atoms with Crippen molar-refractivity contribution in [3.63, 3.8) is 0 Å². The molecule has 7 rings (SSSR count). The number of carbonyl (C=O) groups is 3. The summed E-state index contributed by atoms with van der Waals surface area (Å²) in [6.45, 7) is 0.0964. The number of rotatable bonds is 8. The number of anilines is 1. The largest absolute Gasteiger partial charge is 0.457 e. The van der Waals surface area contributed by atoms with Crippen LogP contribution in [0.1, 0.15) is 37.7 Å². The lowest BCUT2D eigenvalue weighted by atomic mass is 9.74. The molecule has 3 fully saturated rings.